The number of nitrogens with zero attached hydrogens (tertiary/aromatic N) is 1. The van der Waals surface area contributed by atoms with Gasteiger partial charge in [-0.25, -0.2) is 4.99 Å². The number of aliphatic hydroxyl groups is 1. The number of nitrogens with one attached hydrogen (secondary N) is 1. The summed E-state index contributed by atoms with van der Waals surface area (Å²) in [6.45, 7) is 0.731. The number of aliphatic imine (C=N–C) groups is 1. The van der Waals surface area contributed by atoms with Crippen molar-refractivity contribution in [2.75, 3.05) is 13.2 Å². The van der Waals surface area contributed by atoms with Gasteiger partial charge in [0.1, 0.15) is 5.75 Å². The Morgan fingerprint density at radius 2 is 1.72 bits per heavy atom. The highest BCUT2D eigenvalue weighted by atomic mass is 79.9. The first-order valence-corrected chi connectivity index (χ1v) is 15.3. The Hall–Kier alpha value is -3.91. The van der Waals surface area contributed by atoms with E-state index in [2.05, 4.69) is 21.2 Å². The summed E-state index contributed by atoms with van der Waals surface area (Å²) in [5.74, 6) is 0.765. The molecule has 0 bridgehead atoms. The number of aliphatic hydroxyl groups excluding tert-OH is 1. The van der Waals surface area contributed by atoms with Crippen LogP contribution >= 0.6 is 27.5 Å². The molecule has 1 aliphatic rings. The molecule has 0 aromatic heterocycles. The standard InChI is InChI=1S/C35H32BrClN2O4/c36-30-15-6-5-14-29(30)32-35(21-8-12-25-10-2-1-3-11-25,34(41)38-24-27-13-4-7-16-31(27)37)39-33(43-32)26-17-19-28(20-18-26)42-23-9-22-40/h1-8,10-20,32,40H,9,21-24H2,(H,38,41)/b12-8+/t32-,35-/m1/s1. The van der Waals surface area contributed by atoms with Gasteiger partial charge in [0.25, 0.3) is 5.91 Å². The summed E-state index contributed by atoms with van der Waals surface area (Å²) in [7, 11) is 0. The molecule has 43 heavy (non-hydrogen) atoms. The summed E-state index contributed by atoms with van der Waals surface area (Å²) in [6, 6.07) is 32.5. The van der Waals surface area contributed by atoms with Crippen molar-refractivity contribution < 1.29 is 19.4 Å². The molecule has 4 aromatic carbocycles. The van der Waals surface area contributed by atoms with Gasteiger partial charge in [-0.3, -0.25) is 4.79 Å². The summed E-state index contributed by atoms with van der Waals surface area (Å²) >= 11 is 10.1. The Kier molecular flexibility index (Phi) is 10.3. The number of hydrogen-bond acceptors (Lipinski definition) is 5. The third kappa shape index (κ3) is 7.36. The second kappa shape index (κ2) is 14.5. The van der Waals surface area contributed by atoms with Crippen LogP contribution in [0.25, 0.3) is 6.08 Å². The summed E-state index contributed by atoms with van der Waals surface area (Å²) in [5, 5.41) is 12.7. The van der Waals surface area contributed by atoms with Gasteiger partial charge in [-0.15, -0.1) is 0 Å². The van der Waals surface area contributed by atoms with Crippen LogP contribution in [0.3, 0.4) is 0 Å². The van der Waals surface area contributed by atoms with E-state index in [1.165, 1.54) is 0 Å². The maximum atomic E-state index is 14.3. The Bertz CT molecular complexity index is 1590. The first-order chi connectivity index (χ1) is 21.0. The highest BCUT2D eigenvalue weighted by Gasteiger charge is 2.53. The molecule has 0 saturated heterocycles. The Morgan fingerprint density at radius 3 is 2.47 bits per heavy atom. The van der Waals surface area contributed by atoms with Crippen molar-refractivity contribution in [3.8, 4) is 5.75 Å². The van der Waals surface area contributed by atoms with Crippen molar-refractivity contribution in [1.29, 1.82) is 0 Å². The van der Waals surface area contributed by atoms with Crippen molar-refractivity contribution in [3.05, 3.63) is 141 Å². The molecule has 0 unspecified atom stereocenters. The largest absolute Gasteiger partial charge is 0.494 e. The molecule has 5 rings (SSSR count). The van der Waals surface area contributed by atoms with E-state index in [0.29, 0.717) is 29.7 Å². The molecular weight excluding hydrogens is 628 g/mol. The van der Waals surface area contributed by atoms with Crippen molar-refractivity contribution in [2.45, 2.75) is 31.0 Å². The predicted molar refractivity (Wildman–Crippen MR) is 174 cm³/mol. The van der Waals surface area contributed by atoms with Gasteiger partial charge in [0.15, 0.2) is 11.6 Å². The van der Waals surface area contributed by atoms with E-state index in [-0.39, 0.29) is 25.5 Å². The monoisotopic (exact) mass is 658 g/mol. The molecule has 0 saturated carbocycles. The molecule has 0 radical (unpaired) electrons. The fourth-order valence-electron chi connectivity index (χ4n) is 4.89. The Labute approximate surface area is 265 Å². The van der Waals surface area contributed by atoms with Crippen molar-refractivity contribution in [2.24, 2.45) is 4.99 Å². The third-order valence-electron chi connectivity index (χ3n) is 7.15. The molecule has 1 heterocycles. The number of carbonyl (C=O) groups excluding carboxylic acids is 1. The van der Waals surface area contributed by atoms with Gasteiger partial charge in [-0.1, -0.05) is 106 Å². The zero-order valence-electron chi connectivity index (χ0n) is 23.5. The van der Waals surface area contributed by atoms with E-state index in [4.69, 9.17) is 31.2 Å². The summed E-state index contributed by atoms with van der Waals surface area (Å²) < 4.78 is 13.1. The predicted octanol–water partition coefficient (Wildman–Crippen LogP) is 7.54. The Morgan fingerprint density at radius 1 is 1.00 bits per heavy atom. The van der Waals surface area contributed by atoms with Crippen LogP contribution in [0, 0.1) is 0 Å². The number of hydrogen-bond donors (Lipinski definition) is 2. The minimum atomic E-state index is -1.32. The molecule has 1 aliphatic heterocycles. The van der Waals surface area contributed by atoms with Gasteiger partial charge in [0.2, 0.25) is 5.90 Å². The molecule has 2 atom stereocenters. The molecule has 0 fully saturated rings. The van der Waals surface area contributed by atoms with Crippen LogP contribution < -0.4 is 10.1 Å². The lowest BCUT2D eigenvalue weighted by molar-refractivity contribution is -0.129. The van der Waals surface area contributed by atoms with Gasteiger partial charge in [-0.05, 0) is 47.5 Å². The number of rotatable bonds is 12. The molecule has 6 nitrogen and oxygen atoms in total. The highest BCUT2D eigenvalue weighted by molar-refractivity contribution is 9.10. The average molecular weight is 660 g/mol. The van der Waals surface area contributed by atoms with Gasteiger partial charge < -0.3 is 19.9 Å². The maximum Gasteiger partial charge on any atom is 0.252 e. The molecule has 220 valence electrons. The maximum absolute atomic E-state index is 14.3. The van der Waals surface area contributed by atoms with Crippen LogP contribution in [0.4, 0.5) is 0 Å². The number of benzene rings is 4. The first-order valence-electron chi connectivity index (χ1n) is 14.1. The lowest BCUT2D eigenvalue weighted by Gasteiger charge is -2.30. The van der Waals surface area contributed by atoms with Gasteiger partial charge in [0, 0.05) is 46.6 Å². The van der Waals surface area contributed by atoms with Crippen LogP contribution in [-0.4, -0.2) is 35.7 Å². The average Bonchev–Trinajstić information content (AvgIpc) is 3.42. The smallest absolute Gasteiger partial charge is 0.252 e. The minimum Gasteiger partial charge on any atom is -0.494 e. The number of carbonyl (C=O) groups is 1. The van der Waals surface area contributed by atoms with Crippen molar-refractivity contribution >= 4 is 45.4 Å². The van der Waals surface area contributed by atoms with E-state index in [1.54, 1.807) is 6.07 Å². The normalized spacial score (nSPS) is 17.8. The van der Waals surface area contributed by atoms with E-state index < -0.39 is 11.6 Å². The molecule has 4 aromatic rings. The second-order valence-electron chi connectivity index (χ2n) is 10.1. The molecule has 0 aliphatic carbocycles. The van der Waals surface area contributed by atoms with Gasteiger partial charge in [0.05, 0.1) is 6.61 Å². The van der Waals surface area contributed by atoms with Crippen LogP contribution in [0.1, 0.15) is 41.2 Å². The van der Waals surface area contributed by atoms with Crippen LogP contribution in [0.15, 0.2) is 119 Å². The quantitative estimate of drug-likeness (QED) is 0.154. The summed E-state index contributed by atoms with van der Waals surface area (Å²) in [6.07, 6.45) is 4.08. The van der Waals surface area contributed by atoms with Crippen LogP contribution in [0.2, 0.25) is 5.02 Å². The van der Waals surface area contributed by atoms with E-state index in [9.17, 15) is 4.79 Å². The Balaban J connectivity index is 1.54. The SMILES string of the molecule is O=C(NCc1ccccc1Cl)[C@]1(C/C=C/c2ccccc2)N=C(c2ccc(OCCCO)cc2)O[C@@H]1c1ccccc1Br. The van der Waals surface area contributed by atoms with Gasteiger partial charge >= 0.3 is 0 Å². The molecule has 8 heteroatoms. The fraction of sp³-hybridized carbons (Fsp3) is 0.200. The summed E-state index contributed by atoms with van der Waals surface area (Å²) in [5.41, 5.74) is 2.05. The number of halogens is 2. The van der Waals surface area contributed by atoms with E-state index in [0.717, 1.165) is 26.7 Å². The molecule has 0 spiro atoms. The lowest BCUT2D eigenvalue weighted by Crippen LogP contribution is -2.47. The van der Waals surface area contributed by atoms with Crippen molar-refractivity contribution in [1.82, 2.24) is 5.32 Å². The zero-order chi connectivity index (χ0) is 30.1. The van der Waals surface area contributed by atoms with Crippen LogP contribution in [-0.2, 0) is 16.1 Å². The molecule has 1 amide bonds. The van der Waals surface area contributed by atoms with Gasteiger partial charge in [-0.2, -0.15) is 0 Å². The minimum absolute atomic E-state index is 0.0680. The van der Waals surface area contributed by atoms with E-state index >= 15 is 0 Å². The number of amides is 1. The van der Waals surface area contributed by atoms with Crippen LogP contribution in [0.5, 0.6) is 5.75 Å². The van der Waals surface area contributed by atoms with Crippen molar-refractivity contribution in [3.63, 3.8) is 0 Å². The topological polar surface area (TPSA) is 80.2 Å². The fourth-order valence-corrected chi connectivity index (χ4v) is 5.58. The molecular formula is C35H32BrClN2O4. The molecule has 2 N–H and O–H groups in total. The number of ether oxygens (including phenoxy) is 2. The third-order valence-corrected chi connectivity index (χ3v) is 8.24. The highest BCUT2D eigenvalue weighted by Crippen LogP contribution is 2.45. The second-order valence-corrected chi connectivity index (χ2v) is 11.4. The van der Waals surface area contributed by atoms with E-state index in [1.807, 2.05) is 109 Å². The summed E-state index contributed by atoms with van der Waals surface area (Å²) in [4.78, 5) is 19.4. The first kappa shape index (κ1) is 30.5. The lowest BCUT2D eigenvalue weighted by atomic mass is 9.84. The zero-order valence-corrected chi connectivity index (χ0v) is 25.8.